The van der Waals surface area contributed by atoms with Crippen LogP contribution < -0.4 is 4.74 Å². The Morgan fingerprint density at radius 1 is 1.15 bits per heavy atom. The van der Waals surface area contributed by atoms with E-state index in [-0.39, 0.29) is 12.0 Å². The van der Waals surface area contributed by atoms with Crippen molar-refractivity contribution in [2.45, 2.75) is 37.8 Å². The van der Waals surface area contributed by atoms with E-state index in [1.54, 1.807) is 0 Å². The van der Waals surface area contributed by atoms with Crippen molar-refractivity contribution in [3.8, 4) is 5.75 Å². The first kappa shape index (κ1) is 17.2. The summed E-state index contributed by atoms with van der Waals surface area (Å²) in [6, 6.07) is 14.1. The molecule has 1 aromatic carbocycles. The summed E-state index contributed by atoms with van der Waals surface area (Å²) in [5, 5.41) is 0. The normalized spacial score (nSPS) is 19.5. The molecule has 1 saturated carbocycles. The van der Waals surface area contributed by atoms with Gasteiger partial charge in [-0.15, -0.1) is 0 Å². The number of carbonyl (C=O) groups is 1. The van der Waals surface area contributed by atoms with Gasteiger partial charge in [-0.05, 0) is 49.9 Å². The molecule has 1 atom stereocenters. The molecule has 0 radical (unpaired) electrons. The standard InChI is InChI=1S/C21H26N2O3/c24-21(20-9-4-12-23(20)17-10-11-17)22(16-19-8-5-14-25-19)13-15-26-18-6-2-1-3-7-18/h1-4,6-7,9,12,17,19H,5,8,10-11,13-16H2. The number of hydrogen-bond acceptors (Lipinski definition) is 3. The topological polar surface area (TPSA) is 43.7 Å². The molecule has 1 aliphatic carbocycles. The summed E-state index contributed by atoms with van der Waals surface area (Å²) in [4.78, 5) is 15.1. The predicted molar refractivity (Wildman–Crippen MR) is 99.5 cm³/mol. The zero-order chi connectivity index (χ0) is 17.8. The number of aromatic nitrogens is 1. The predicted octanol–water partition coefficient (Wildman–Crippen LogP) is 3.52. The highest BCUT2D eigenvalue weighted by Gasteiger charge is 2.30. The Balaban J connectivity index is 1.42. The van der Waals surface area contributed by atoms with Crippen molar-refractivity contribution >= 4 is 5.91 Å². The lowest BCUT2D eigenvalue weighted by atomic mass is 10.2. The van der Waals surface area contributed by atoms with Crippen molar-refractivity contribution in [3.63, 3.8) is 0 Å². The Labute approximate surface area is 154 Å². The number of carbonyl (C=O) groups excluding carboxylic acids is 1. The van der Waals surface area contributed by atoms with Gasteiger partial charge in [0.15, 0.2) is 0 Å². The quantitative estimate of drug-likeness (QED) is 0.728. The summed E-state index contributed by atoms with van der Waals surface area (Å²) in [5.74, 6) is 0.910. The molecular formula is C21H26N2O3. The molecule has 0 spiro atoms. The minimum absolute atomic E-state index is 0.0778. The lowest BCUT2D eigenvalue weighted by Gasteiger charge is -2.26. The van der Waals surface area contributed by atoms with Gasteiger partial charge in [-0.1, -0.05) is 18.2 Å². The third-order valence-corrected chi connectivity index (χ3v) is 5.05. The summed E-state index contributed by atoms with van der Waals surface area (Å²) >= 11 is 0. The average molecular weight is 354 g/mol. The van der Waals surface area contributed by atoms with Crippen molar-refractivity contribution in [1.82, 2.24) is 9.47 Å². The molecule has 5 nitrogen and oxygen atoms in total. The van der Waals surface area contributed by atoms with Gasteiger partial charge in [-0.3, -0.25) is 4.79 Å². The van der Waals surface area contributed by atoms with Gasteiger partial charge in [0.05, 0.1) is 12.6 Å². The highest BCUT2D eigenvalue weighted by Crippen LogP contribution is 2.36. The van der Waals surface area contributed by atoms with E-state index >= 15 is 0 Å². The molecular weight excluding hydrogens is 328 g/mol. The number of ether oxygens (including phenoxy) is 2. The number of rotatable bonds is 8. The molecule has 1 aromatic heterocycles. The number of amides is 1. The largest absolute Gasteiger partial charge is 0.492 e. The second-order valence-electron chi connectivity index (χ2n) is 7.08. The molecule has 138 valence electrons. The summed E-state index contributed by atoms with van der Waals surface area (Å²) in [7, 11) is 0. The van der Waals surface area contributed by atoms with Crippen LogP contribution in [-0.4, -0.2) is 47.8 Å². The molecule has 1 amide bonds. The van der Waals surface area contributed by atoms with E-state index in [2.05, 4.69) is 4.57 Å². The lowest BCUT2D eigenvalue weighted by molar-refractivity contribution is 0.0485. The number of nitrogens with zero attached hydrogens (tertiary/aromatic N) is 2. The van der Waals surface area contributed by atoms with Crippen LogP contribution in [0.1, 0.15) is 42.2 Å². The zero-order valence-electron chi connectivity index (χ0n) is 15.0. The van der Waals surface area contributed by atoms with E-state index in [1.807, 2.05) is 53.6 Å². The van der Waals surface area contributed by atoms with E-state index in [0.29, 0.717) is 25.7 Å². The molecule has 2 aromatic rings. The first-order valence-electron chi connectivity index (χ1n) is 9.57. The number of hydrogen-bond donors (Lipinski definition) is 0. The van der Waals surface area contributed by atoms with E-state index < -0.39 is 0 Å². The summed E-state index contributed by atoms with van der Waals surface area (Å²) in [6.45, 7) is 2.47. The minimum Gasteiger partial charge on any atom is -0.492 e. The molecule has 2 aliphatic rings. The van der Waals surface area contributed by atoms with Gasteiger partial charge in [0.2, 0.25) is 0 Å². The van der Waals surface area contributed by atoms with Crippen molar-refractivity contribution < 1.29 is 14.3 Å². The second kappa shape index (κ2) is 7.96. The van der Waals surface area contributed by atoms with Crippen LogP contribution >= 0.6 is 0 Å². The highest BCUT2D eigenvalue weighted by atomic mass is 16.5. The van der Waals surface area contributed by atoms with Crippen molar-refractivity contribution in [1.29, 1.82) is 0 Å². The van der Waals surface area contributed by atoms with Crippen LogP contribution in [0.3, 0.4) is 0 Å². The van der Waals surface area contributed by atoms with Gasteiger partial charge in [0, 0.05) is 25.4 Å². The SMILES string of the molecule is O=C(c1cccn1C1CC1)N(CCOc1ccccc1)CC1CCCO1. The Kier molecular flexibility index (Phi) is 5.25. The average Bonchev–Trinajstić information content (AvgIpc) is 3.18. The first-order valence-corrected chi connectivity index (χ1v) is 9.57. The molecule has 26 heavy (non-hydrogen) atoms. The fourth-order valence-electron chi connectivity index (χ4n) is 3.51. The Bertz CT molecular complexity index is 718. The fourth-order valence-corrected chi connectivity index (χ4v) is 3.51. The number of benzene rings is 1. The van der Waals surface area contributed by atoms with Crippen LogP contribution in [0.25, 0.3) is 0 Å². The third kappa shape index (κ3) is 4.10. The smallest absolute Gasteiger partial charge is 0.270 e. The minimum atomic E-state index is 0.0778. The fraction of sp³-hybridized carbons (Fsp3) is 0.476. The zero-order valence-corrected chi connectivity index (χ0v) is 15.0. The Hall–Kier alpha value is -2.27. The van der Waals surface area contributed by atoms with Gasteiger partial charge in [-0.2, -0.15) is 0 Å². The molecule has 1 aliphatic heterocycles. The van der Waals surface area contributed by atoms with E-state index in [4.69, 9.17) is 9.47 Å². The maximum atomic E-state index is 13.2. The second-order valence-corrected chi connectivity index (χ2v) is 7.08. The van der Waals surface area contributed by atoms with Crippen LogP contribution in [-0.2, 0) is 4.74 Å². The van der Waals surface area contributed by atoms with Crippen LogP contribution in [0, 0.1) is 0 Å². The Morgan fingerprint density at radius 3 is 2.73 bits per heavy atom. The third-order valence-electron chi connectivity index (χ3n) is 5.05. The summed E-state index contributed by atoms with van der Waals surface area (Å²) in [6.07, 6.45) is 6.59. The van der Waals surface area contributed by atoms with Gasteiger partial charge < -0.3 is 18.9 Å². The maximum Gasteiger partial charge on any atom is 0.270 e. The molecule has 0 bridgehead atoms. The van der Waals surface area contributed by atoms with E-state index in [0.717, 1.165) is 43.7 Å². The molecule has 0 N–H and O–H groups in total. The first-order chi connectivity index (χ1) is 12.8. The van der Waals surface area contributed by atoms with Crippen LogP contribution in [0.2, 0.25) is 0 Å². The van der Waals surface area contributed by atoms with Gasteiger partial charge in [-0.25, -0.2) is 0 Å². The van der Waals surface area contributed by atoms with Crippen LogP contribution in [0.15, 0.2) is 48.7 Å². The monoisotopic (exact) mass is 354 g/mol. The molecule has 2 heterocycles. The molecule has 5 heteroatoms. The highest BCUT2D eigenvalue weighted by molar-refractivity contribution is 5.93. The van der Waals surface area contributed by atoms with Crippen molar-refractivity contribution in [2.75, 3.05) is 26.3 Å². The lowest BCUT2D eigenvalue weighted by Crippen LogP contribution is -2.40. The van der Waals surface area contributed by atoms with Gasteiger partial charge in [0.25, 0.3) is 5.91 Å². The molecule has 4 rings (SSSR count). The summed E-state index contributed by atoms with van der Waals surface area (Å²) < 4.78 is 13.7. The molecule has 1 unspecified atom stereocenters. The Morgan fingerprint density at radius 2 is 2.00 bits per heavy atom. The van der Waals surface area contributed by atoms with Crippen LogP contribution in [0.5, 0.6) is 5.75 Å². The van der Waals surface area contributed by atoms with Crippen LogP contribution in [0.4, 0.5) is 0 Å². The molecule has 2 fully saturated rings. The van der Waals surface area contributed by atoms with Gasteiger partial charge >= 0.3 is 0 Å². The molecule has 1 saturated heterocycles. The van der Waals surface area contributed by atoms with Gasteiger partial charge in [0.1, 0.15) is 18.1 Å². The van der Waals surface area contributed by atoms with E-state index in [1.165, 1.54) is 0 Å². The van der Waals surface area contributed by atoms with E-state index in [9.17, 15) is 4.79 Å². The van der Waals surface area contributed by atoms with Crippen molar-refractivity contribution in [3.05, 3.63) is 54.4 Å². The van der Waals surface area contributed by atoms with Crippen molar-refractivity contribution in [2.24, 2.45) is 0 Å². The summed E-state index contributed by atoms with van der Waals surface area (Å²) in [5.41, 5.74) is 0.783. The maximum absolute atomic E-state index is 13.2. The number of para-hydroxylation sites is 1.